The lowest BCUT2D eigenvalue weighted by atomic mass is 9.97. The maximum atomic E-state index is 11.2. The summed E-state index contributed by atoms with van der Waals surface area (Å²) >= 11 is 0. The minimum Gasteiger partial charge on any atom is -0.507 e. The number of aromatic carboxylic acids is 1. The van der Waals surface area contributed by atoms with Gasteiger partial charge in [0, 0.05) is 5.56 Å². The van der Waals surface area contributed by atoms with Crippen molar-refractivity contribution in [3.05, 3.63) is 58.1 Å². The highest BCUT2D eigenvalue weighted by atomic mass is 16.5. The molecule has 2 N–H and O–H groups in total. The first kappa shape index (κ1) is 14.9. The molecule has 0 atom stereocenters. The van der Waals surface area contributed by atoms with Gasteiger partial charge in [0.15, 0.2) is 0 Å². The number of aromatic hydroxyl groups is 1. The van der Waals surface area contributed by atoms with Gasteiger partial charge in [0.2, 0.25) is 0 Å². The normalized spacial score (nSPS) is 10.4. The summed E-state index contributed by atoms with van der Waals surface area (Å²) in [6, 6.07) is 9.67. The lowest BCUT2D eigenvalue weighted by molar-refractivity contribution is 0.0692. The van der Waals surface area contributed by atoms with Gasteiger partial charge < -0.3 is 14.9 Å². The van der Waals surface area contributed by atoms with Crippen molar-refractivity contribution in [3.63, 3.8) is 0 Å². The van der Waals surface area contributed by atoms with Crippen LogP contribution in [0.15, 0.2) is 30.3 Å². The Bertz CT molecular complexity index is 646. The van der Waals surface area contributed by atoms with Crippen molar-refractivity contribution in [1.82, 2.24) is 0 Å². The Morgan fingerprint density at radius 3 is 2.24 bits per heavy atom. The third-order valence-electron chi connectivity index (χ3n) is 3.65. The van der Waals surface area contributed by atoms with Gasteiger partial charge >= 0.3 is 5.97 Å². The molecule has 0 fully saturated rings. The molecule has 0 saturated carbocycles. The van der Waals surface area contributed by atoms with E-state index in [0.29, 0.717) is 23.5 Å². The molecule has 0 aliphatic rings. The van der Waals surface area contributed by atoms with Crippen molar-refractivity contribution in [1.29, 1.82) is 0 Å². The van der Waals surface area contributed by atoms with E-state index < -0.39 is 5.97 Å². The van der Waals surface area contributed by atoms with E-state index in [-0.39, 0.29) is 11.3 Å². The number of benzene rings is 2. The van der Waals surface area contributed by atoms with Gasteiger partial charge in [-0.15, -0.1) is 0 Å². The zero-order valence-corrected chi connectivity index (χ0v) is 12.3. The molecule has 0 aliphatic carbocycles. The van der Waals surface area contributed by atoms with Crippen molar-refractivity contribution in [2.45, 2.75) is 27.4 Å². The average molecular weight is 286 g/mol. The molecule has 110 valence electrons. The van der Waals surface area contributed by atoms with Crippen LogP contribution in [-0.4, -0.2) is 16.2 Å². The van der Waals surface area contributed by atoms with Gasteiger partial charge in [-0.3, -0.25) is 0 Å². The molecular formula is C17H18O4. The molecule has 4 heteroatoms. The largest absolute Gasteiger partial charge is 0.507 e. The first-order valence-electron chi connectivity index (χ1n) is 6.66. The number of hydrogen-bond donors (Lipinski definition) is 2. The zero-order valence-electron chi connectivity index (χ0n) is 12.3. The third-order valence-corrected chi connectivity index (χ3v) is 3.65. The fourth-order valence-electron chi connectivity index (χ4n) is 2.32. The van der Waals surface area contributed by atoms with E-state index in [0.717, 1.165) is 11.1 Å². The predicted molar refractivity (Wildman–Crippen MR) is 80.1 cm³/mol. The lowest BCUT2D eigenvalue weighted by Gasteiger charge is -2.18. The Kier molecular flexibility index (Phi) is 4.17. The summed E-state index contributed by atoms with van der Waals surface area (Å²) in [5, 5.41) is 19.3. The zero-order chi connectivity index (χ0) is 15.6. The van der Waals surface area contributed by atoms with Gasteiger partial charge in [-0.1, -0.05) is 30.3 Å². The van der Waals surface area contributed by atoms with Gasteiger partial charge in [0.05, 0.1) is 0 Å². The molecule has 0 amide bonds. The SMILES string of the molecule is Cc1c(C)c(C(=O)O)c(O)c(C)c1OCc1ccccc1. The number of hydrogen-bond acceptors (Lipinski definition) is 3. The monoisotopic (exact) mass is 286 g/mol. The molecular weight excluding hydrogens is 268 g/mol. The van der Waals surface area contributed by atoms with Crippen LogP contribution in [0.5, 0.6) is 11.5 Å². The number of carbonyl (C=O) groups is 1. The van der Waals surface area contributed by atoms with Crippen LogP contribution in [0.3, 0.4) is 0 Å². The van der Waals surface area contributed by atoms with E-state index in [1.54, 1.807) is 20.8 Å². The van der Waals surface area contributed by atoms with Crippen molar-refractivity contribution >= 4 is 5.97 Å². The predicted octanol–water partition coefficient (Wildman–Crippen LogP) is 3.59. The van der Waals surface area contributed by atoms with Crippen LogP contribution >= 0.6 is 0 Å². The summed E-state index contributed by atoms with van der Waals surface area (Å²) in [6.45, 7) is 5.50. The van der Waals surface area contributed by atoms with Crippen LogP contribution in [0.25, 0.3) is 0 Å². The molecule has 0 bridgehead atoms. The number of carboxylic acid groups (broad SMARTS) is 1. The summed E-state index contributed by atoms with van der Waals surface area (Å²) in [7, 11) is 0. The molecule has 2 aromatic rings. The molecule has 0 aliphatic heterocycles. The highest BCUT2D eigenvalue weighted by Crippen LogP contribution is 2.37. The molecule has 4 nitrogen and oxygen atoms in total. The van der Waals surface area contributed by atoms with Crippen molar-refractivity contribution in [2.75, 3.05) is 0 Å². The van der Waals surface area contributed by atoms with E-state index in [1.165, 1.54) is 0 Å². The Balaban J connectivity index is 2.39. The first-order valence-corrected chi connectivity index (χ1v) is 6.66. The third kappa shape index (κ3) is 2.84. The Hall–Kier alpha value is -2.49. The van der Waals surface area contributed by atoms with E-state index in [1.807, 2.05) is 30.3 Å². The van der Waals surface area contributed by atoms with Crippen LogP contribution in [0.4, 0.5) is 0 Å². The topological polar surface area (TPSA) is 66.8 Å². The quantitative estimate of drug-likeness (QED) is 0.901. The second-order valence-corrected chi connectivity index (χ2v) is 5.01. The highest BCUT2D eigenvalue weighted by molar-refractivity contribution is 5.94. The van der Waals surface area contributed by atoms with Crippen LogP contribution in [0.2, 0.25) is 0 Å². The summed E-state index contributed by atoms with van der Waals surface area (Å²) in [5.74, 6) is -0.821. The van der Waals surface area contributed by atoms with Gasteiger partial charge in [-0.05, 0) is 37.5 Å². The van der Waals surface area contributed by atoms with E-state index in [4.69, 9.17) is 4.74 Å². The lowest BCUT2D eigenvalue weighted by Crippen LogP contribution is -2.07. The Morgan fingerprint density at radius 1 is 1.05 bits per heavy atom. The van der Waals surface area contributed by atoms with Gasteiger partial charge in [-0.2, -0.15) is 0 Å². The second kappa shape index (κ2) is 5.87. The van der Waals surface area contributed by atoms with E-state index in [9.17, 15) is 15.0 Å². The van der Waals surface area contributed by atoms with E-state index in [2.05, 4.69) is 0 Å². The Labute approximate surface area is 123 Å². The molecule has 2 rings (SSSR count). The highest BCUT2D eigenvalue weighted by Gasteiger charge is 2.22. The number of phenols is 1. The minimum absolute atomic E-state index is 0.0583. The van der Waals surface area contributed by atoms with Gasteiger partial charge in [0.25, 0.3) is 0 Å². The summed E-state index contributed by atoms with van der Waals surface area (Å²) in [6.07, 6.45) is 0. The molecule has 21 heavy (non-hydrogen) atoms. The van der Waals surface area contributed by atoms with Crippen molar-refractivity contribution < 1.29 is 19.7 Å². The van der Waals surface area contributed by atoms with Gasteiger partial charge in [-0.25, -0.2) is 4.79 Å². The smallest absolute Gasteiger partial charge is 0.339 e. The summed E-state index contributed by atoms with van der Waals surface area (Å²) in [5.41, 5.74) is 2.66. The van der Waals surface area contributed by atoms with Crippen LogP contribution < -0.4 is 4.74 Å². The summed E-state index contributed by atoms with van der Waals surface area (Å²) < 4.78 is 5.80. The molecule has 0 heterocycles. The van der Waals surface area contributed by atoms with Gasteiger partial charge in [0.1, 0.15) is 23.7 Å². The molecule has 0 saturated heterocycles. The fourth-order valence-corrected chi connectivity index (χ4v) is 2.32. The van der Waals surface area contributed by atoms with E-state index >= 15 is 0 Å². The maximum absolute atomic E-state index is 11.2. The number of ether oxygens (including phenoxy) is 1. The molecule has 0 unspecified atom stereocenters. The van der Waals surface area contributed by atoms with Crippen LogP contribution in [0, 0.1) is 20.8 Å². The molecule has 0 spiro atoms. The Morgan fingerprint density at radius 2 is 1.67 bits per heavy atom. The number of carboxylic acids is 1. The van der Waals surface area contributed by atoms with Crippen LogP contribution in [0.1, 0.15) is 32.6 Å². The standard InChI is InChI=1S/C17H18O4/c1-10-11(2)16(12(3)15(18)14(10)17(19)20)21-9-13-7-5-4-6-8-13/h4-8,18H,9H2,1-3H3,(H,19,20). The summed E-state index contributed by atoms with van der Waals surface area (Å²) in [4.78, 5) is 11.2. The first-order chi connectivity index (χ1) is 9.93. The van der Waals surface area contributed by atoms with Crippen LogP contribution in [-0.2, 0) is 6.61 Å². The van der Waals surface area contributed by atoms with Crippen molar-refractivity contribution in [3.8, 4) is 11.5 Å². The maximum Gasteiger partial charge on any atom is 0.339 e. The average Bonchev–Trinajstić information content (AvgIpc) is 2.46. The van der Waals surface area contributed by atoms with Crippen molar-refractivity contribution in [2.24, 2.45) is 0 Å². The molecule has 0 aromatic heterocycles. The minimum atomic E-state index is -1.13. The fraction of sp³-hybridized carbons (Fsp3) is 0.235. The molecule has 0 radical (unpaired) electrons. The molecule has 2 aromatic carbocycles. The second-order valence-electron chi connectivity index (χ2n) is 5.01. The number of rotatable bonds is 4.